The van der Waals surface area contributed by atoms with Crippen molar-refractivity contribution in [2.75, 3.05) is 0 Å². The molecular weight excluding hydrogens is 164 g/mol. The summed E-state index contributed by atoms with van der Waals surface area (Å²) in [7, 11) is 0. The van der Waals surface area contributed by atoms with Gasteiger partial charge in [-0.05, 0) is 6.92 Å². The fourth-order valence-electron chi connectivity index (χ4n) is 0.673. The number of Topliss-reactive ketones (excluding diaryl/α,β-unsaturated/α-hetero) is 1. The van der Waals surface area contributed by atoms with E-state index >= 15 is 0 Å². The van der Waals surface area contributed by atoms with E-state index in [9.17, 15) is 4.79 Å². The van der Waals surface area contributed by atoms with E-state index in [1.54, 1.807) is 6.92 Å². The quantitative estimate of drug-likeness (QED) is 0.623. The first-order valence-electron chi connectivity index (χ1n) is 4.15. The van der Waals surface area contributed by atoms with E-state index in [-0.39, 0.29) is 5.78 Å². The Bertz CT molecular complexity index is 217. The standard InChI is InChI=1S/C8H8O.C2H6.CH2O/c1-7(9)8-5-3-2-4-6-8;2*1-2/h2-6H,1H3;1-2H3;1H2. The van der Waals surface area contributed by atoms with Gasteiger partial charge in [0.2, 0.25) is 0 Å². The summed E-state index contributed by atoms with van der Waals surface area (Å²) < 4.78 is 0. The Hall–Kier alpha value is -1.44. The Labute approximate surface area is 79.6 Å². The second-order valence-corrected chi connectivity index (χ2v) is 1.92. The third-order valence-electron chi connectivity index (χ3n) is 1.18. The van der Waals surface area contributed by atoms with E-state index in [0.717, 1.165) is 5.56 Å². The van der Waals surface area contributed by atoms with Crippen LogP contribution in [-0.4, -0.2) is 12.6 Å². The van der Waals surface area contributed by atoms with E-state index in [4.69, 9.17) is 4.79 Å². The number of carbonyl (C=O) groups excluding carboxylic acids is 2. The maximum Gasteiger partial charge on any atom is 0.159 e. The van der Waals surface area contributed by atoms with Crippen molar-refractivity contribution in [3.05, 3.63) is 35.9 Å². The zero-order valence-electron chi connectivity index (χ0n) is 8.41. The average Bonchev–Trinajstić information content (AvgIpc) is 2.25. The zero-order chi connectivity index (χ0) is 10.7. The molecule has 0 radical (unpaired) electrons. The van der Waals surface area contributed by atoms with Gasteiger partial charge in [0.1, 0.15) is 6.79 Å². The summed E-state index contributed by atoms with van der Waals surface area (Å²) >= 11 is 0. The first-order valence-corrected chi connectivity index (χ1v) is 4.15. The number of rotatable bonds is 1. The second-order valence-electron chi connectivity index (χ2n) is 1.92. The highest BCUT2D eigenvalue weighted by molar-refractivity contribution is 5.93. The van der Waals surface area contributed by atoms with Crippen LogP contribution in [0.2, 0.25) is 0 Å². The molecule has 0 aliphatic carbocycles. The minimum Gasteiger partial charge on any atom is -0.307 e. The van der Waals surface area contributed by atoms with Gasteiger partial charge < -0.3 is 4.79 Å². The van der Waals surface area contributed by atoms with Gasteiger partial charge in [0.25, 0.3) is 0 Å². The molecular formula is C11H16O2. The molecule has 0 aliphatic rings. The molecule has 2 heteroatoms. The van der Waals surface area contributed by atoms with Crippen molar-refractivity contribution in [2.45, 2.75) is 20.8 Å². The molecule has 0 unspecified atom stereocenters. The van der Waals surface area contributed by atoms with Gasteiger partial charge in [-0.3, -0.25) is 4.79 Å². The van der Waals surface area contributed by atoms with Gasteiger partial charge in [0.05, 0.1) is 0 Å². The summed E-state index contributed by atoms with van der Waals surface area (Å²) in [5.74, 6) is 0.121. The molecule has 0 N–H and O–H groups in total. The van der Waals surface area contributed by atoms with Gasteiger partial charge in [0.15, 0.2) is 5.78 Å². The third-order valence-corrected chi connectivity index (χ3v) is 1.18. The third kappa shape index (κ3) is 6.94. The molecule has 72 valence electrons. The Morgan fingerprint density at radius 1 is 1.08 bits per heavy atom. The van der Waals surface area contributed by atoms with Crippen LogP contribution in [0.1, 0.15) is 31.1 Å². The van der Waals surface area contributed by atoms with Crippen molar-refractivity contribution in [1.82, 2.24) is 0 Å². The van der Waals surface area contributed by atoms with Crippen LogP contribution < -0.4 is 0 Å². The van der Waals surface area contributed by atoms with Crippen LogP contribution in [-0.2, 0) is 4.79 Å². The highest BCUT2D eigenvalue weighted by Crippen LogP contribution is 1.97. The Kier molecular flexibility index (Phi) is 11.5. The minimum absolute atomic E-state index is 0.121. The van der Waals surface area contributed by atoms with Crippen LogP contribution in [0.3, 0.4) is 0 Å². The van der Waals surface area contributed by atoms with Gasteiger partial charge in [-0.15, -0.1) is 0 Å². The van der Waals surface area contributed by atoms with Crippen LogP contribution in [0.5, 0.6) is 0 Å². The molecule has 1 rings (SSSR count). The van der Waals surface area contributed by atoms with E-state index in [0.29, 0.717) is 0 Å². The molecule has 13 heavy (non-hydrogen) atoms. The van der Waals surface area contributed by atoms with Crippen molar-refractivity contribution < 1.29 is 9.59 Å². The van der Waals surface area contributed by atoms with Crippen LogP contribution in [0.25, 0.3) is 0 Å². The fourth-order valence-corrected chi connectivity index (χ4v) is 0.673. The number of ketones is 1. The number of hydrogen-bond donors (Lipinski definition) is 0. The maximum atomic E-state index is 10.6. The molecule has 0 saturated carbocycles. The molecule has 0 aliphatic heterocycles. The van der Waals surface area contributed by atoms with Crippen molar-refractivity contribution >= 4 is 12.6 Å². The van der Waals surface area contributed by atoms with E-state index in [1.807, 2.05) is 51.0 Å². The second kappa shape index (κ2) is 10.6. The number of hydrogen-bond acceptors (Lipinski definition) is 2. The molecule has 2 nitrogen and oxygen atoms in total. The van der Waals surface area contributed by atoms with Gasteiger partial charge in [-0.25, -0.2) is 0 Å². The summed E-state index contributed by atoms with van der Waals surface area (Å²) in [4.78, 5) is 18.6. The van der Waals surface area contributed by atoms with Gasteiger partial charge in [0, 0.05) is 5.56 Å². The lowest BCUT2D eigenvalue weighted by atomic mass is 10.2. The highest BCUT2D eigenvalue weighted by atomic mass is 16.1. The predicted octanol–water partition coefficient (Wildman–Crippen LogP) is 2.73. The first-order chi connectivity index (χ1) is 6.30. The van der Waals surface area contributed by atoms with Crippen molar-refractivity contribution in [1.29, 1.82) is 0 Å². The molecule has 0 amide bonds. The molecule has 0 atom stereocenters. The van der Waals surface area contributed by atoms with Crippen LogP contribution >= 0.6 is 0 Å². The summed E-state index contributed by atoms with van der Waals surface area (Å²) in [6, 6.07) is 9.23. The normalized spacial score (nSPS) is 7.00. The fraction of sp³-hybridized carbons (Fsp3) is 0.273. The summed E-state index contributed by atoms with van der Waals surface area (Å²) in [6.07, 6.45) is 0. The molecule has 1 aromatic rings. The first kappa shape index (κ1) is 14.1. The van der Waals surface area contributed by atoms with Gasteiger partial charge in [-0.2, -0.15) is 0 Å². The van der Waals surface area contributed by atoms with E-state index in [1.165, 1.54) is 0 Å². The highest BCUT2D eigenvalue weighted by Gasteiger charge is 1.92. The molecule has 1 aromatic carbocycles. The van der Waals surface area contributed by atoms with Gasteiger partial charge in [-0.1, -0.05) is 44.2 Å². The topological polar surface area (TPSA) is 34.1 Å². The molecule has 0 saturated heterocycles. The van der Waals surface area contributed by atoms with Crippen LogP contribution in [0.15, 0.2) is 30.3 Å². The largest absolute Gasteiger partial charge is 0.307 e. The van der Waals surface area contributed by atoms with E-state index < -0.39 is 0 Å². The van der Waals surface area contributed by atoms with E-state index in [2.05, 4.69) is 0 Å². The Morgan fingerprint density at radius 2 is 1.46 bits per heavy atom. The molecule has 0 heterocycles. The average molecular weight is 180 g/mol. The number of carbonyl (C=O) groups is 2. The van der Waals surface area contributed by atoms with Crippen molar-refractivity contribution in [2.24, 2.45) is 0 Å². The van der Waals surface area contributed by atoms with Crippen LogP contribution in [0, 0.1) is 0 Å². The Morgan fingerprint density at radius 3 is 1.69 bits per heavy atom. The SMILES string of the molecule is C=O.CC.CC(=O)c1ccccc1. The summed E-state index contributed by atoms with van der Waals surface area (Å²) in [5, 5.41) is 0. The minimum atomic E-state index is 0.121. The lowest BCUT2D eigenvalue weighted by Crippen LogP contribution is -1.88. The maximum absolute atomic E-state index is 10.6. The summed E-state index contributed by atoms with van der Waals surface area (Å²) in [5.41, 5.74) is 0.775. The van der Waals surface area contributed by atoms with Crippen molar-refractivity contribution in [3.63, 3.8) is 0 Å². The smallest absolute Gasteiger partial charge is 0.159 e. The molecule has 0 aromatic heterocycles. The van der Waals surface area contributed by atoms with Crippen LogP contribution in [0.4, 0.5) is 0 Å². The van der Waals surface area contributed by atoms with Gasteiger partial charge >= 0.3 is 0 Å². The molecule has 0 bridgehead atoms. The zero-order valence-corrected chi connectivity index (χ0v) is 8.41. The molecule has 0 spiro atoms. The monoisotopic (exact) mass is 180 g/mol. The number of benzene rings is 1. The lowest BCUT2D eigenvalue weighted by molar-refractivity contribution is -0.0979. The van der Waals surface area contributed by atoms with Crippen molar-refractivity contribution in [3.8, 4) is 0 Å². The lowest BCUT2D eigenvalue weighted by Gasteiger charge is -1.89. The molecule has 0 fully saturated rings. The Balaban J connectivity index is 0. The predicted molar refractivity (Wildman–Crippen MR) is 54.9 cm³/mol. The summed E-state index contributed by atoms with van der Waals surface area (Å²) in [6.45, 7) is 7.56.